The number of fused-ring (bicyclic) bond motifs is 1. The standard InChI is InChI=1S/C23H27N3O6S2/c1-30-13-21(24)32-20-11-16(31-15-3-5-18(6-4-15)34(2,28)29)9-14-10-19(26-22(14)20)23-25-12-17(33-23)7-8-27/h3-6,9-11,17,21,26-27H,7-8,12-13,24H2,1-2H3. The van der Waals surface area contributed by atoms with E-state index in [2.05, 4.69) is 9.98 Å². The third-order valence-corrected chi connectivity index (χ3v) is 7.58. The molecule has 0 saturated carbocycles. The number of aliphatic hydroxyl groups is 1. The van der Waals surface area contributed by atoms with Crippen molar-refractivity contribution in [3.63, 3.8) is 0 Å². The predicted octanol–water partition coefficient (Wildman–Crippen LogP) is 2.92. The van der Waals surface area contributed by atoms with Gasteiger partial charge in [0, 0.05) is 36.7 Å². The fraction of sp³-hybridized carbons (Fsp3) is 0.348. The summed E-state index contributed by atoms with van der Waals surface area (Å²) in [6, 6.07) is 11.8. The number of thioether (sulfide) groups is 1. The van der Waals surface area contributed by atoms with E-state index in [4.69, 9.17) is 19.9 Å². The fourth-order valence-corrected chi connectivity index (χ4v) is 5.27. The average Bonchev–Trinajstić information content (AvgIpc) is 3.41. The molecule has 0 saturated heterocycles. The summed E-state index contributed by atoms with van der Waals surface area (Å²) in [7, 11) is -1.75. The molecule has 182 valence electrons. The molecular formula is C23H27N3O6S2. The normalized spacial score (nSPS) is 17.1. The van der Waals surface area contributed by atoms with Gasteiger partial charge in [-0.3, -0.25) is 10.7 Å². The Bertz CT molecular complexity index is 1290. The minimum Gasteiger partial charge on any atom is -0.471 e. The number of aromatic amines is 1. The number of nitrogens with two attached hydrogens (primary N) is 1. The molecule has 11 heteroatoms. The lowest BCUT2D eigenvalue weighted by Crippen LogP contribution is -2.32. The zero-order valence-corrected chi connectivity index (χ0v) is 20.5. The van der Waals surface area contributed by atoms with Crippen molar-refractivity contribution >= 4 is 37.5 Å². The smallest absolute Gasteiger partial charge is 0.175 e. The average molecular weight is 506 g/mol. The number of aromatic nitrogens is 1. The van der Waals surface area contributed by atoms with Gasteiger partial charge in [-0.05, 0) is 42.8 Å². The zero-order valence-electron chi connectivity index (χ0n) is 18.9. The second-order valence-electron chi connectivity index (χ2n) is 7.92. The van der Waals surface area contributed by atoms with Crippen molar-refractivity contribution in [2.45, 2.75) is 22.8 Å². The van der Waals surface area contributed by atoms with E-state index >= 15 is 0 Å². The molecule has 34 heavy (non-hydrogen) atoms. The van der Waals surface area contributed by atoms with Crippen molar-refractivity contribution in [1.82, 2.24) is 4.98 Å². The number of nitrogens with zero attached hydrogens (tertiary/aromatic N) is 1. The Labute approximate surface area is 202 Å². The number of benzene rings is 2. The molecule has 0 fully saturated rings. The Kier molecular flexibility index (Phi) is 7.48. The summed E-state index contributed by atoms with van der Waals surface area (Å²) < 4.78 is 40.4. The maximum Gasteiger partial charge on any atom is 0.175 e. The predicted molar refractivity (Wildman–Crippen MR) is 133 cm³/mol. The Balaban J connectivity index is 1.65. The van der Waals surface area contributed by atoms with Crippen LogP contribution in [-0.2, 0) is 14.6 Å². The first-order chi connectivity index (χ1) is 16.3. The van der Waals surface area contributed by atoms with E-state index in [-0.39, 0.29) is 23.4 Å². The van der Waals surface area contributed by atoms with Crippen LogP contribution in [0, 0.1) is 0 Å². The molecule has 1 aliphatic heterocycles. The van der Waals surface area contributed by atoms with Crippen molar-refractivity contribution in [3.05, 3.63) is 48.2 Å². The molecule has 4 N–H and O–H groups in total. The second-order valence-corrected chi connectivity index (χ2v) is 11.2. The first-order valence-electron chi connectivity index (χ1n) is 10.6. The van der Waals surface area contributed by atoms with Crippen LogP contribution in [0.15, 0.2) is 52.4 Å². The van der Waals surface area contributed by atoms with Gasteiger partial charge in [0.05, 0.1) is 29.3 Å². The molecule has 4 rings (SSSR count). The lowest BCUT2D eigenvalue weighted by Gasteiger charge is -2.15. The van der Waals surface area contributed by atoms with Gasteiger partial charge in [0.1, 0.15) is 22.3 Å². The molecule has 2 aromatic carbocycles. The largest absolute Gasteiger partial charge is 0.471 e. The number of rotatable bonds is 10. The van der Waals surface area contributed by atoms with Crippen LogP contribution in [0.3, 0.4) is 0 Å². The summed E-state index contributed by atoms with van der Waals surface area (Å²) in [4.78, 5) is 8.20. The summed E-state index contributed by atoms with van der Waals surface area (Å²) >= 11 is 1.63. The summed E-state index contributed by atoms with van der Waals surface area (Å²) in [6.45, 7) is 1.00. The van der Waals surface area contributed by atoms with Crippen LogP contribution in [0.5, 0.6) is 17.2 Å². The second kappa shape index (κ2) is 10.4. The highest BCUT2D eigenvalue weighted by atomic mass is 32.2. The molecule has 3 aromatic rings. The van der Waals surface area contributed by atoms with Crippen LogP contribution >= 0.6 is 11.8 Å². The highest BCUT2D eigenvalue weighted by Gasteiger charge is 2.23. The first-order valence-corrected chi connectivity index (χ1v) is 13.4. The van der Waals surface area contributed by atoms with Gasteiger partial charge in [0.25, 0.3) is 0 Å². The molecular weight excluding hydrogens is 478 g/mol. The van der Waals surface area contributed by atoms with E-state index in [0.29, 0.717) is 30.2 Å². The minimum atomic E-state index is -3.29. The van der Waals surface area contributed by atoms with Gasteiger partial charge in [-0.1, -0.05) is 11.8 Å². The zero-order chi connectivity index (χ0) is 24.3. The summed E-state index contributed by atoms with van der Waals surface area (Å²) in [5, 5.41) is 11.2. The highest BCUT2D eigenvalue weighted by Crippen LogP contribution is 2.36. The highest BCUT2D eigenvalue weighted by molar-refractivity contribution is 8.15. The Hall–Kier alpha value is -2.57. The Morgan fingerprint density at radius 1 is 1.24 bits per heavy atom. The van der Waals surface area contributed by atoms with Crippen LogP contribution in [0.1, 0.15) is 12.1 Å². The molecule has 0 radical (unpaired) electrons. The van der Waals surface area contributed by atoms with E-state index in [1.165, 1.54) is 12.1 Å². The number of hydrogen-bond acceptors (Lipinski definition) is 9. The van der Waals surface area contributed by atoms with Gasteiger partial charge < -0.3 is 24.3 Å². The number of aliphatic hydroxyl groups excluding tert-OH is 1. The van der Waals surface area contributed by atoms with Crippen molar-refractivity contribution < 1.29 is 27.7 Å². The number of aliphatic imine (C=N–C) groups is 1. The van der Waals surface area contributed by atoms with E-state index in [9.17, 15) is 13.5 Å². The molecule has 2 heterocycles. The van der Waals surface area contributed by atoms with Gasteiger partial charge in [-0.25, -0.2) is 8.42 Å². The summed E-state index contributed by atoms with van der Waals surface area (Å²) in [5.74, 6) is 1.48. The molecule has 2 atom stereocenters. The lowest BCUT2D eigenvalue weighted by molar-refractivity contribution is 0.0858. The molecule has 9 nitrogen and oxygen atoms in total. The quantitative estimate of drug-likeness (QED) is 0.358. The fourth-order valence-electron chi connectivity index (χ4n) is 3.56. The number of nitrogens with one attached hydrogen (secondary N) is 1. The van der Waals surface area contributed by atoms with E-state index in [0.717, 1.165) is 27.9 Å². The molecule has 2 unspecified atom stereocenters. The molecule has 0 spiro atoms. The molecule has 0 aliphatic carbocycles. The third-order valence-electron chi connectivity index (χ3n) is 5.16. The van der Waals surface area contributed by atoms with Crippen molar-refractivity contribution in [3.8, 4) is 17.2 Å². The molecule has 0 amide bonds. The summed E-state index contributed by atoms with van der Waals surface area (Å²) in [5.41, 5.74) is 7.63. The van der Waals surface area contributed by atoms with Crippen LogP contribution in [0.2, 0.25) is 0 Å². The minimum absolute atomic E-state index is 0.133. The maximum atomic E-state index is 11.7. The number of sulfone groups is 1. The first kappa shape index (κ1) is 24.6. The van der Waals surface area contributed by atoms with Crippen LogP contribution < -0.4 is 15.2 Å². The topological polar surface area (TPSA) is 136 Å². The van der Waals surface area contributed by atoms with E-state index < -0.39 is 16.1 Å². The van der Waals surface area contributed by atoms with E-state index in [1.807, 2.05) is 12.1 Å². The molecule has 1 aromatic heterocycles. The Morgan fingerprint density at radius 3 is 2.68 bits per heavy atom. The van der Waals surface area contributed by atoms with Crippen molar-refractivity contribution in [2.75, 3.05) is 33.1 Å². The van der Waals surface area contributed by atoms with Gasteiger partial charge in [0.15, 0.2) is 16.1 Å². The third kappa shape index (κ3) is 5.73. The number of methoxy groups -OCH3 is 1. The molecule has 0 bridgehead atoms. The Morgan fingerprint density at radius 2 is 2.00 bits per heavy atom. The van der Waals surface area contributed by atoms with Gasteiger partial charge in [0.2, 0.25) is 0 Å². The van der Waals surface area contributed by atoms with Crippen molar-refractivity contribution in [1.29, 1.82) is 0 Å². The molecule has 1 aliphatic rings. The van der Waals surface area contributed by atoms with E-state index in [1.54, 1.807) is 37.1 Å². The summed E-state index contributed by atoms with van der Waals surface area (Å²) in [6.07, 6.45) is 1.16. The van der Waals surface area contributed by atoms with Crippen molar-refractivity contribution in [2.24, 2.45) is 10.7 Å². The van der Waals surface area contributed by atoms with Gasteiger partial charge in [-0.2, -0.15) is 0 Å². The van der Waals surface area contributed by atoms with Crippen LogP contribution in [0.25, 0.3) is 10.9 Å². The monoisotopic (exact) mass is 505 g/mol. The van der Waals surface area contributed by atoms with Crippen LogP contribution in [-0.4, -0.2) is 68.2 Å². The lowest BCUT2D eigenvalue weighted by atomic mass is 10.2. The number of hydrogen-bond donors (Lipinski definition) is 3. The SMILES string of the molecule is COCC(N)Oc1cc(Oc2ccc(S(C)(=O)=O)cc2)cc2cc(C3=NCC(CCO)S3)[nH]c12. The van der Waals surface area contributed by atoms with Gasteiger partial charge >= 0.3 is 0 Å². The van der Waals surface area contributed by atoms with Gasteiger partial charge in [-0.15, -0.1) is 0 Å². The number of ether oxygens (including phenoxy) is 3. The van der Waals surface area contributed by atoms with Crippen LogP contribution in [0.4, 0.5) is 0 Å². The number of H-pyrrole nitrogens is 1. The maximum absolute atomic E-state index is 11.7.